The molecule has 1 saturated heterocycles. The number of rotatable bonds is 7. The normalized spacial score (nSPS) is 17.9. The molecule has 2 aliphatic heterocycles. The lowest BCUT2D eigenvalue weighted by Gasteiger charge is -2.40. The highest BCUT2D eigenvalue weighted by Crippen LogP contribution is 2.47. The van der Waals surface area contributed by atoms with E-state index in [0.29, 0.717) is 39.1 Å². The maximum Gasteiger partial charge on any atom is 0.247 e. The molecule has 1 N–H and O–H groups in total. The number of nitrogens with one attached hydrogen (secondary N) is 1. The molecular formula is C25H31N3O5S. The molecule has 182 valence electrons. The third-order valence-corrected chi connectivity index (χ3v) is 7.82. The van der Waals surface area contributed by atoms with Crippen LogP contribution in [0.4, 0.5) is 5.69 Å². The number of nitrogens with zero attached hydrogens (tertiary/aromatic N) is 2. The summed E-state index contributed by atoms with van der Waals surface area (Å²) in [5.41, 5.74) is 2.43. The number of amides is 2. The Labute approximate surface area is 200 Å². The van der Waals surface area contributed by atoms with Crippen LogP contribution in [0.2, 0.25) is 0 Å². The minimum absolute atomic E-state index is 0.0830. The number of ether oxygens (including phenoxy) is 1. The van der Waals surface area contributed by atoms with Crippen molar-refractivity contribution in [2.24, 2.45) is 0 Å². The van der Waals surface area contributed by atoms with E-state index in [-0.39, 0.29) is 23.8 Å². The van der Waals surface area contributed by atoms with Crippen molar-refractivity contribution in [3.8, 4) is 0 Å². The van der Waals surface area contributed by atoms with Gasteiger partial charge < -0.3 is 15.0 Å². The number of piperidine rings is 1. The first-order valence-electron chi connectivity index (χ1n) is 11.4. The van der Waals surface area contributed by atoms with Gasteiger partial charge in [0.05, 0.1) is 25.2 Å². The third kappa shape index (κ3) is 5.10. The average molecular weight is 486 g/mol. The van der Waals surface area contributed by atoms with Gasteiger partial charge in [-0.2, -0.15) is 0 Å². The molecule has 2 aliphatic rings. The Morgan fingerprint density at radius 1 is 1.06 bits per heavy atom. The van der Waals surface area contributed by atoms with Gasteiger partial charge in [-0.1, -0.05) is 48.5 Å². The van der Waals surface area contributed by atoms with E-state index in [9.17, 15) is 18.0 Å². The number of para-hydroxylation sites is 1. The topological polar surface area (TPSA) is 96.0 Å². The molecule has 1 atom stereocenters. The summed E-state index contributed by atoms with van der Waals surface area (Å²) in [6.45, 7) is 3.19. The lowest BCUT2D eigenvalue weighted by molar-refractivity contribution is -0.139. The average Bonchev–Trinajstić information content (AvgIpc) is 3.14. The summed E-state index contributed by atoms with van der Waals surface area (Å²) in [5, 5.41) is 2.72. The molecular weight excluding hydrogens is 454 g/mol. The van der Waals surface area contributed by atoms with Crippen LogP contribution in [-0.2, 0) is 36.4 Å². The molecule has 0 saturated carbocycles. The molecule has 9 heteroatoms. The van der Waals surface area contributed by atoms with Crippen molar-refractivity contribution in [3.63, 3.8) is 0 Å². The maximum atomic E-state index is 13.3. The molecule has 2 aromatic carbocycles. The number of carbonyl (C=O) groups is 2. The standard InChI is InChI=1S/C25H31N3O5S/c1-19(29)26-22(17-33-16-20-8-4-3-5-9-20)24(30)27-14-12-25(13-15-27)18-28(34(2,31)32)23-11-7-6-10-21(23)25/h3-11,22H,12-18H2,1-2H3,(H,26,29)/t22-/m1/s1. The van der Waals surface area contributed by atoms with E-state index in [4.69, 9.17) is 4.74 Å². The van der Waals surface area contributed by atoms with Crippen LogP contribution >= 0.6 is 0 Å². The number of fused-ring (bicyclic) bond motifs is 2. The summed E-state index contributed by atoms with van der Waals surface area (Å²) >= 11 is 0. The number of likely N-dealkylation sites (tertiary alicyclic amines) is 1. The van der Waals surface area contributed by atoms with Crippen LogP contribution in [-0.4, -0.2) is 63.7 Å². The molecule has 1 spiro atoms. The van der Waals surface area contributed by atoms with Crippen molar-refractivity contribution in [2.75, 3.05) is 36.8 Å². The summed E-state index contributed by atoms with van der Waals surface area (Å²) in [4.78, 5) is 26.8. The highest BCUT2D eigenvalue weighted by molar-refractivity contribution is 7.92. The van der Waals surface area contributed by atoms with Gasteiger partial charge in [0.1, 0.15) is 6.04 Å². The first kappa shape index (κ1) is 24.2. The largest absolute Gasteiger partial charge is 0.374 e. The van der Waals surface area contributed by atoms with E-state index in [1.807, 2.05) is 54.6 Å². The van der Waals surface area contributed by atoms with Gasteiger partial charge in [0.2, 0.25) is 21.8 Å². The fraction of sp³-hybridized carbons (Fsp3) is 0.440. The van der Waals surface area contributed by atoms with Gasteiger partial charge in [-0.25, -0.2) is 8.42 Å². The molecule has 8 nitrogen and oxygen atoms in total. The van der Waals surface area contributed by atoms with Crippen LogP contribution in [0.1, 0.15) is 30.9 Å². The number of carbonyl (C=O) groups excluding carboxylic acids is 2. The van der Waals surface area contributed by atoms with Gasteiger partial charge in [0.25, 0.3) is 0 Å². The first-order valence-corrected chi connectivity index (χ1v) is 13.3. The fourth-order valence-corrected chi connectivity index (χ4v) is 5.97. The smallest absolute Gasteiger partial charge is 0.247 e. The number of hydrogen-bond acceptors (Lipinski definition) is 5. The summed E-state index contributed by atoms with van der Waals surface area (Å²) in [7, 11) is -3.39. The predicted octanol–water partition coefficient (Wildman–Crippen LogP) is 2.05. The predicted molar refractivity (Wildman–Crippen MR) is 130 cm³/mol. The Hall–Kier alpha value is -2.91. The Kier molecular flexibility index (Phi) is 6.95. The molecule has 2 amide bonds. The van der Waals surface area contributed by atoms with E-state index in [1.54, 1.807) is 4.90 Å². The quantitative estimate of drug-likeness (QED) is 0.648. The molecule has 0 bridgehead atoms. The second-order valence-electron chi connectivity index (χ2n) is 9.15. The van der Waals surface area contributed by atoms with Crippen molar-refractivity contribution in [2.45, 2.75) is 37.8 Å². The van der Waals surface area contributed by atoms with Crippen LogP contribution in [0.5, 0.6) is 0 Å². The van der Waals surface area contributed by atoms with Crippen molar-refractivity contribution in [3.05, 3.63) is 65.7 Å². The first-order chi connectivity index (χ1) is 16.2. The van der Waals surface area contributed by atoms with Gasteiger partial charge in [-0.05, 0) is 30.0 Å². The van der Waals surface area contributed by atoms with Gasteiger partial charge in [0.15, 0.2) is 0 Å². The van der Waals surface area contributed by atoms with Crippen LogP contribution < -0.4 is 9.62 Å². The monoisotopic (exact) mass is 485 g/mol. The summed E-state index contributed by atoms with van der Waals surface area (Å²) < 4.78 is 32.0. The molecule has 4 rings (SSSR count). The van der Waals surface area contributed by atoms with Crippen molar-refractivity contribution < 1.29 is 22.7 Å². The molecule has 0 aromatic heterocycles. The Balaban J connectivity index is 1.42. The number of hydrogen-bond donors (Lipinski definition) is 1. The fourth-order valence-electron chi connectivity index (χ4n) is 4.97. The highest BCUT2D eigenvalue weighted by Gasteiger charge is 2.47. The molecule has 0 aliphatic carbocycles. The van der Waals surface area contributed by atoms with E-state index >= 15 is 0 Å². The van der Waals surface area contributed by atoms with Gasteiger partial charge in [-0.15, -0.1) is 0 Å². The summed E-state index contributed by atoms with van der Waals surface area (Å²) in [5.74, 6) is -0.465. The Morgan fingerprint density at radius 3 is 2.35 bits per heavy atom. The zero-order valence-corrected chi connectivity index (χ0v) is 20.4. The lowest BCUT2D eigenvalue weighted by atomic mass is 9.74. The molecule has 2 heterocycles. The highest BCUT2D eigenvalue weighted by atomic mass is 32.2. The van der Waals surface area contributed by atoms with Crippen LogP contribution in [0.25, 0.3) is 0 Å². The lowest BCUT2D eigenvalue weighted by Crippen LogP contribution is -2.54. The van der Waals surface area contributed by atoms with E-state index in [1.165, 1.54) is 17.5 Å². The Morgan fingerprint density at radius 2 is 1.71 bits per heavy atom. The summed E-state index contributed by atoms with van der Waals surface area (Å²) in [6, 6.07) is 16.5. The molecule has 2 aromatic rings. The van der Waals surface area contributed by atoms with E-state index in [2.05, 4.69) is 5.32 Å². The van der Waals surface area contributed by atoms with Crippen molar-refractivity contribution in [1.82, 2.24) is 10.2 Å². The second kappa shape index (κ2) is 9.76. The number of benzene rings is 2. The molecule has 34 heavy (non-hydrogen) atoms. The molecule has 1 fully saturated rings. The van der Waals surface area contributed by atoms with Crippen LogP contribution in [0.15, 0.2) is 54.6 Å². The molecule has 0 radical (unpaired) electrons. The minimum atomic E-state index is -3.39. The van der Waals surface area contributed by atoms with Gasteiger partial charge >= 0.3 is 0 Å². The van der Waals surface area contributed by atoms with E-state index in [0.717, 1.165) is 16.8 Å². The maximum absolute atomic E-state index is 13.3. The van der Waals surface area contributed by atoms with Crippen LogP contribution in [0.3, 0.4) is 0 Å². The van der Waals surface area contributed by atoms with Gasteiger partial charge in [-0.3, -0.25) is 13.9 Å². The zero-order valence-electron chi connectivity index (χ0n) is 19.6. The zero-order chi connectivity index (χ0) is 24.3. The van der Waals surface area contributed by atoms with Crippen molar-refractivity contribution in [1.29, 1.82) is 0 Å². The van der Waals surface area contributed by atoms with Crippen LogP contribution in [0, 0.1) is 0 Å². The van der Waals surface area contributed by atoms with E-state index < -0.39 is 16.1 Å². The number of sulfonamides is 1. The summed E-state index contributed by atoms with van der Waals surface area (Å²) in [6.07, 6.45) is 2.54. The Bertz CT molecular complexity index is 1140. The van der Waals surface area contributed by atoms with Crippen molar-refractivity contribution >= 4 is 27.5 Å². The SMILES string of the molecule is CC(=O)N[C@H](COCc1ccccc1)C(=O)N1CCC2(CC1)CN(S(C)(=O)=O)c1ccccc12. The minimum Gasteiger partial charge on any atom is -0.374 e. The number of anilines is 1. The second-order valence-corrected chi connectivity index (χ2v) is 11.1. The molecule has 0 unspecified atom stereocenters. The van der Waals surface area contributed by atoms with Gasteiger partial charge in [0, 0.05) is 32.0 Å². The third-order valence-electron chi connectivity index (χ3n) is 6.69.